The van der Waals surface area contributed by atoms with Crippen molar-refractivity contribution >= 4 is 29.8 Å². The highest BCUT2D eigenvalue weighted by atomic mass is 16.6. The monoisotopic (exact) mass is 844 g/mol. The van der Waals surface area contributed by atoms with Gasteiger partial charge >= 0.3 is 12.1 Å². The summed E-state index contributed by atoms with van der Waals surface area (Å²) in [5.41, 5.74) is 4.82. The van der Waals surface area contributed by atoms with Crippen molar-refractivity contribution in [3.8, 4) is 5.75 Å². The molecule has 6 aromatic carbocycles. The van der Waals surface area contributed by atoms with Crippen LogP contribution in [0.2, 0.25) is 0 Å². The van der Waals surface area contributed by atoms with Gasteiger partial charge in [0.2, 0.25) is 18.0 Å². The van der Waals surface area contributed by atoms with Crippen molar-refractivity contribution in [2.75, 3.05) is 0 Å². The molecule has 1 saturated heterocycles. The zero-order valence-corrected chi connectivity index (χ0v) is 34.4. The molecule has 63 heavy (non-hydrogen) atoms. The van der Waals surface area contributed by atoms with Crippen LogP contribution in [0.3, 0.4) is 0 Å². The first kappa shape index (κ1) is 43.4. The Morgan fingerprint density at radius 3 is 1.65 bits per heavy atom. The summed E-state index contributed by atoms with van der Waals surface area (Å²) in [7, 11) is 0. The van der Waals surface area contributed by atoms with E-state index in [0.29, 0.717) is 17.7 Å². The molecule has 4 N–H and O–H groups in total. The Morgan fingerprint density at radius 2 is 1.08 bits per heavy atom. The standard InChI is InChI=1S/C51H48N4O8/c56-44(31-28-35-16-6-1-7-17-35)52-42(32-36-18-8-2-9-19-36)47(57)54-45-48(58)55-49(45)62-41-29-26-37(27-30-41)33-43(53-51(60)61-34-38-20-10-3-11-21-38)50(59)63-46(39-22-12-4-13-23-39)40-24-14-5-15-25-40/h1-27,29-30,42-43,45-46,49H,28,31-34H2,(H,52,56)(H,53,60)(H,54,57)(H,55,58)/t42-,43?,45+,49-/m0/s1. The van der Waals surface area contributed by atoms with E-state index in [4.69, 9.17) is 14.2 Å². The molecule has 12 nitrogen and oxygen atoms in total. The first-order valence-electron chi connectivity index (χ1n) is 20.8. The van der Waals surface area contributed by atoms with Crippen molar-refractivity contribution in [1.82, 2.24) is 21.3 Å². The van der Waals surface area contributed by atoms with Gasteiger partial charge in [-0.1, -0.05) is 164 Å². The van der Waals surface area contributed by atoms with Crippen molar-refractivity contribution in [2.45, 2.75) is 62.7 Å². The third-order valence-electron chi connectivity index (χ3n) is 10.4. The van der Waals surface area contributed by atoms with Crippen LogP contribution in [0.1, 0.15) is 45.9 Å². The Bertz CT molecular complexity index is 2380. The Hall–Kier alpha value is -7.73. The molecular formula is C51H48N4O8. The van der Waals surface area contributed by atoms with Crippen LogP contribution in [-0.4, -0.2) is 54.1 Å². The molecule has 1 unspecified atom stereocenters. The predicted octanol–water partition coefficient (Wildman–Crippen LogP) is 6.54. The largest absolute Gasteiger partial charge is 0.468 e. The molecule has 4 amide bonds. The van der Waals surface area contributed by atoms with E-state index in [-0.39, 0.29) is 31.8 Å². The van der Waals surface area contributed by atoms with E-state index in [2.05, 4.69) is 21.3 Å². The number of nitrogens with one attached hydrogen (secondary N) is 4. The third kappa shape index (κ3) is 12.6. The van der Waals surface area contributed by atoms with Gasteiger partial charge in [-0.2, -0.15) is 0 Å². The van der Waals surface area contributed by atoms with E-state index < -0.39 is 54.3 Å². The molecular weight excluding hydrogens is 797 g/mol. The minimum atomic E-state index is -1.14. The van der Waals surface area contributed by atoms with Crippen LogP contribution in [0.4, 0.5) is 4.79 Å². The fraction of sp³-hybridized carbons (Fsp3) is 0.196. The molecule has 0 radical (unpaired) electrons. The molecule has 0 saturated carbocycles. The van der Waals surface area contributed by atoms with Crippen LogP contribution in [0.25, 0.3) is 0 Å². The Labute approximate surface area is 366 Å². The van der Waals surface area contributed by atoms with Crippen LogP contribution < -0.4 is 26.0 Å². The molecule has 0 bridgehead atoms. The average Bonchev–Trinajstić information content (AvgIpc) is 3.32. The molecule has 0 aromatic heterocycles. The smallest absolute Gasteiger partial charge is 0.408 e. The van der Waals surface area contributed by atoms with Crippen LogP contribution in [0.5, 0.6) is 5.75 Å². The second kappa shape index (κ2) is 21.7. The lowest BCUT2D eigenvalue weighted by atomic mass is 10.0. The van der Waals surface area contributed by atoms with Crippen LogP contribution in [0.15, 0.2) is 176 Å². The van der Waals surface area contributed by atoms with Crippen molar-refractivity contribution < 1.29 is 38.2 Å². The van der Waals surface area contributed by atoms with E-state index in [9.17, 15) is 24.0 Å². The van der Waals surface area contributed by atoms with Gasteiger partial charge < -0.3 is 35.5 Å². The number of hydrogen-bond donors (Lipinski definition) is 4. The van der Waals surface area contributed by atoms with Crippen molar-refractivity contribution in [2.24, 2.45) is 0 Å². The van der Waals surface area contributed by atoms with Gasteiger partial charge in [-0.15, -0.1) is 0 Å². The summed E-state index contributed by atoms with van der Waals surface area (Å²) in [5.74, 6) is -1.54. The highest BCUT2D eigenvalue weighted by Gasteiger charge is 2.43. The van der Waals surface area contributed by atoms with E-state index in [1.165, 1.54) is 0 Å². The number of rotatable bonds is 19. The Balaban J connectivity index is 1.00. The minimum Gasteiger partial charge on any atom is -0.468 e. The SMILES string of the molecule is O=C(CCc1ccccc1)N[C@@H](Cc1ccccc1)C(=O)N[C@@H]1C(=O)N[C@H]1Oc1ccc(CC(NC(=O)OCc2ccccc2)C(=O)OC(c2ccccc2)c2ccccc2)cc1. The fourth-order valence-electron chi connectivity index (χ4n) is 7.04. The number of benzene rings is 6. The first-order valence-corrected chi connectivity index (χ1v) is 20.8. The first-order chi connectivity index (χ1) is 30.8. The number of esters is 1. The van der Waals surface area contributed by atoms with Crippen molar-refractivity contribution in [1.29, 1.82) is 0 Å². The third-order valence-corrected chi connectivity index (χ3v) is 10.4. The quantitative estimate of drug-likeness (QED) is 0.0529. The van der Waals surface area contributed by atoms with Gasteiger partial charge in [-0.25, -0.2) is 9.59 Å². The Morgan fingerprint density at radius 1 is 0.571 bits per heavy atom. The number of amides is 4. The maximum atomic E-state index is 14.0. The number of ether oxygens (including phenoxy) is 3. The van der Waals surface area contributed by atoms with E-state index in [1.807, 2.05) is 152 Å². The molecule has 320 valence electrons. The zero-order valence-electron chi connectivity index (χ0n) is 34.4. The van der Waals surface area contributed by atoms with Crippen LogP contribution >= 0.6 is 0 Å². The van der Waals surface area contributed by atoms with Crippen molar-refractivity contribution in [3.63, 3.8) is 0 Å². The van der Waals surface area contributed by atoms with Gasteiger partial charge in [-0.3, -0.25) is 14.4 Å². The molecule has 1 aliphatic rings. The minimum absolute atomic E-state index is 0.00730. The molecule has 1 heterocycles. The summed E-state index contributed by atoms with van der Waals surface area (Å²) in [6.45, 7) is 0.00730. The molecule has 1 aliphatic heterocycles. The second-order valence-corrected chi connectivity index (χ2v) is 15.1. The number of hydrogen-bond acceptors (Lipinski definition) is 8. The lowest BCUT2D eigenvalue weighted by Crippen LogP contribution is -2.72. The highest BCUT2D eigenvalue weighted by molar-refractivity contribution is 5.95. The lowest BCUT2D eigenvalue weighted by molar-refractivity contribution is -0.150. The zero-order chi connectivity index (χ0) is 43.8. The molecule has 1 fully saturated rings. The molecule has 7 rings (SSSR count). The summed E-state index contributed by atoms with van der Waals surface area (Å²) in [4.78, 5) is 66.6. The van der Waals surface area contributed by atoms with Gasteiger partial charge in [0.1, 0.15) is 24.4 Å². The van der Waals surface area contributed by atoms with E-state index >= 15 is 0 Å². The summed E-state index contributed by atoms with van der Waals surface area (Å²) in [5, 5.41) is 11.0. The van der Waals surface area contributed by atoms with E-state index in [1.54, 1.807) is 24.3 Å². The molecule has 0 spiro atoms. The number of carbonyl (C=O) groups is 5. The van der Waals surface area contributed by atoms with Gasteiger partial charge in [0.15, 0.2) is 12.1 Å². The van der Waals surface area contributed by atoms with E-state index in [0.717, 1.165) is 27.8 Å². The average molecular weight is 845 g/mol. The molecule has 4 atom stereocenters. The molecule has 0 aliphatic carbocycles. The maximum Gasteiger partial charge on any atom is 0.408 e. The van der Waals surface area contributed by atoms with Gasteiger partial charge in [-0.05, 0) is 51.9 Å². The lowest BCUT2D eigenvalue weighted by Gasteiger charge is -2.37. The van der Waals surface area contributed by atoms with Crippen LogP contribution in [-0.2, 0) is 54.5 Å². The highest BCUT2D eigenvalue weighted by Crippen LogP contribution is 2.27. The van der Waals surface area contributed by atoms with Crippen LogP contribution in [0, 0.1) is 0 Å². The summed E-state index contributed by atoms with van der Waals surface area (Å²) < 4.78 is 17.7. The van der Waals surface area contributed by atoms with Crippen molar-refractivity contribution in [3.05, 3.63) is 209 Å². The predicted molar refractivity (Wildman–Crippen MR) is 236 cm³/mol. The number of alkyl carbamates (subject to hydrolysis) is 1. The number of carbonyl (C=O) groups excluding carboxylic acids is 5. The van der Waals surface area contributed by atoms with Gasteiger partial charge in [0.25, 0.3) is 5.91 Å². The number of β-lactam (4-membered cyclic amide) rings is 1. The van der Waals surface area contributed by atoms with Gasteiger partial charge in [0.05, 0.1) is 0 Å². The number of aryl methyl sites for hydroxylation is 1. The molecule has 12 heteroatoms. The Kier molecular flexibility index (Phi) is 14.9. The normalized spacial score (nSPS) is 15.1. The second-order valence-electron chi connectivity index (χ2n) is 15.1. The summed E-state index contributed by atoms with van der Waals surface area (Å²) in [6, 6.07) is 50.5. The molecule has 6 aromatic rings. The summed E-state index contributed by atoms with van der Waals surface area (Å²) >= 11 is 0. The fourth-order valence-corrected chi connectivity index (χ4v) is 7.04. The topological polar surface area (TPSA) is 161 Å². The maximum absolute atomic E-state index is 14.0. The summed E-state index contributed by atoms with van der Waals surface area (Å²) in [6.07, 6.45) is -1.45. The van der Waals surface area contributed by atoms with Gasteiger partial charge in [0, 0.05) is 19.3 Å².